The number of aromatic nitrogens is 1. The van der Waals surface area contributed by atoms with Crippen molar-refractivity contribution in [3.8, 4) is 0 Å². The van der Waals surface area contributed by atoms with Crippen LogP contribution in [0.1, 0.15) is 16.7 Å². The number of aromatic amines is 1. The maximum absolute atomic E-state index is 12.7. The number of hydrogen-bond donors (Lipinski definition) is 1. The summed E-state index contributed by atoms with van der Waals surface area (Å²) in [5.41, 5.74) is 2.05. The fraction of sp³-hybridized carbons (Fsp3) is 0.125. The molecule has 2 aromatic carbocycles. The molecule has 0 fully saturated rings. The number of fused-ring (bicyclic) bond motifs is 1. The first-order chi connectivity index (χ1) is 9.54. The van der Waals surface area contributed by atoms with Gasteiger partial charge in [0.05, 0.1) is 5.56 Å². The highest BCUT2D eigenvalue weighted by molar-refractivity contribution is 5.85. The van der Waals surface area contributed by atoms with Crippen molar-refractivity contribution in [2.24, 2.45) is 0 Å². The Balaban J connectivity index is 0.00000161. The third-order valence-corrected chi connectivity index (χ3v) is 3.32. The van der Waals surface area contributed by atoms with E-state index in [4.69, 9.17) is 0 Å². The quantitative estimate of drug-likeness (QED) is 0.669. The largest absolute Gasteiger partial charge is 0.416 e. The van der Waals surface area contributed by atoms with Crippen molar-refractivity contribution < 1.29 is 13.2 Å². The predicted octanol–water partition coefficient (Wildman–Crippen LogP) is 5.20. The monoisotopic (exact) mass is 311 g/mol. The summed E-state index contributed by atoms with van der Waals surface area (Å²) < 4.78 is 38.1. The normalized spacial score (nSPS) is 11.4. The number of rotatable bonds is 2. The molecule has 0 amide bonds. The Kier molecular flexibility index (Phi) is 4.28. The van der Waals surface area contributed by atoms with E-state index in [0.717, 1.165) is 22.5 Å². The van der Waals surface area contributed by atoms with E-state index < -0.39 is 11.7 Å². The van der Waals surface area contributed by atoms with Crippen LogP contribution in [0.15, 0.2) is 54.7 Å². The molecule has 3 rings (SSSR count). The molecule has 0 spiro atoms. The zero-order valence-corrected chi connectivity index (χ0v) is 11.8. The molecular weight excluding hydrogens is 299 g/mol. The highest BCUT2D eigenvalue weighted by Crippen LogP contribution is 2.30. The summed E-state index contributed by atoms with van der Waals surface area (Å²) in [6.07, 6.45) is -1.96. The number of halogens is 4. The van der Waals surface area contributed by atoms with Crippen molar-refractivity contribution in [1.82, 2.24) is 4.98 Å². The minimum atomic E-state index is -4.30. The van der Waals surface area contributed by atoms with Crippen LogP contribution in [0.25, 0.3) is 10.9 Å². The average Bonchev–Trinajstić information content (AvgIpc) is 2.82. The summed E-state index contributed by atoms with van der Waals surface area (Å²) in [4.78, 5) is 3.13. The van der Waals surface area contributed by atoms with Crippen LogP contribution in [0.2, 0.25) is 0 Å². The Bertz CT molecular complexity index is 746. The predicted molar refractivity (Wildman–Crippen MR) is 79.8 cm³/mol. The third-order valence-electron chi connectivity index (χ3n) is 3.32. The van der Waals surface area contributed by atoms with Gasteiger partial charge in [0, 0.05) is 17.1 Å². The molecule has 1 heterocycles. The van der Waals surface area contributed by atoms with Crippen LogP contribution in [0.4, 0.5) is 13.2 Å². The SMILES string of the molecule is Cl.FC(F)(F)c1cccc(Cc2c[nH]c3ccccc23)c1. The van der Waals surface area contributed by atoms with E-state index in [9.17, 15) is 13.2 Å². The van der Waals surface area contributed by atoms with Crippen LogP contribution in [0.3, 0.4) is 0 Å². The number of benzene rings is 2. The van der Waals surface area contributed by atoms with E-state index in [1.54, 1.807) is 6.07 Å². The summed E-state index contributed by atoms with van der Waals surface area (Å²) in [6.45, 7) is 0. The Morgan fingerprint density at radius 2 is 1.71 bits per heavy atom. The molecule has 0 aliphatic rings. The van der Waals surface area contributed by atoms with E-state index in [1.165, 1.54) is 12.1 Å². The Morgan fingerprint density at radius 3 is 2.48 bits per heavy atom. The van der Waals surface area contributed by atoms with E-state index in [0.29, 0.717) is 12.0 Å². The van der Waals surface area contributed by atoms with Crippen LogP contribution in [-0.2, 0) is 12.6 Å². The lowest BCUT2D eigenvalue weighted by Gasteiger charge is -2.08. The van der Waals surface area contributed by atoms with E-state index in [2.05, 4.69) is 4.98 Å². The summed E-state index contributed by atoms with van der Waals surface area (Å²) in [7, 11) is 0. The fourth-order valence-electron chi connectivity index (χ4n) is 2.36. The van der Waals surface area contributed by atoms with Gasteiger partial charge in [0.25, 0.3) is 0 Å². The summed E-state index contributed by atoms with van der Waals surface area (Å²) in [5.74, 6) is 0. The van der Waals surface area contributed by atoms with Crippen molar-refractivity contribution >= 4 is 23.3 Å². The number of para-hydroxylation sites is 1. The van der Waals surface area contributed by atoms with Gasteiger partial charge in [-0.25, -0.2) is 0 Å². The third kappa shape index (κ3) is 3.22. The van der Waals surface area contributed by atoms with Gasteiger partial charge in [-0.1, -0.05) is 36.4 Å². The first-order valence-corrected chi connectivity index (χ1v) is 6.25. The molecule has 1 N–H and O–H groups in total. The minimum absolute atomic E-state index is 0. The average molecular weight is 312 g/mol. The molecule has 0 unspecified atom stereocenters. The fourth-order valence-corrected chi connectivity index (χ4v) is 2.36. The van der Waals surface area contributed by atoms with Gasteiger partial charge < -0.3 is 4.98 Å². The highest BCUT2D eigenvalue weighted by atomic mass is 35.5. The molecule has 0 bridgehead atoms. The van der Waals surface area contributed by atoms with Crippen LogP contribution in [0.5, 0.6) is 0 Å². The number of H-pyrrole nitrogens is 1. The number of hydrogen-bond acceptors (Lipinski definition) is 0. The van der Waals surface area contributed by atoms with Gasteiger partial charge in [-0.2, -0.15) is 13.2 Å². The molecule has 0 atom stereocenters. The maximum atomic E-state index is 12.7. The maximum Gasteiger partial charge on any atom is 0.416 e. The molecule has 3 aromatic rings. The van der Waals surface area contributed by atoms with Crippen molar-refractivity contribution in [1.29, 1.82) is 0 Å². The molecule has 5 heteroatoms. The smallest absolute Gasteiger partial charge is 0.361 e. The lowest BCUT2D eigenvalue weighted by Crippen LogP contribution is -2.05. The Morgan fingerprint density at radius 1 is 0.952 bits per heavy atom. The van der Waals surface area contributed by atoms with Crippen molar-refractivity contribution in [3.05, 3.63) is 71.4 Å². The van der Waals surface area contributed by atoms with E-state index >= 15 is 0 Å². The van der Waals surface area contributed by atoms with Gasteiger partial charge in [0.1, 0.15) is 0 Å². The lowest BCUT2D eigenvalue weighted by molar-refractivity contribution is -0.137. The van der Waals surface area contributed by atoms with Crippen LogP contribution in [0, 0.1) is 0 Å². The molecule has 0 saturated heterocycles. The molecule has 0 radical (unpaired) electrons. The van der Waals surface area contributed by atoms with E-state index in [1.807, 2.05) is 30.5 Å². The van der Waals surface area contributed by atoms with Crippen molar-refractivity contribution in [2.45, 2.75) is 12.6 Å². The second kappa shape index (κ2) is 5.82. The molecule has 21 heavy (non-hydrogen) atoms. The van der Waals surface area contributed by atoms with Crippen LogP contribution < -0.4 is 0 Å². The first-order valence-electron chi connectivity index (χ1n) is 6.25. The molecular formula is C16H13ClF3N. The minimum Gasteiger partial charge on any atom is -0.361 e. The second-order valence-electron chi connectivity index (χ2n) is 4.73. The zero-order chi connectivity index (χ0) is 14.2. The molecule has 0 aliphatic carbocycles. The zero-order valence-electron chi connectivity index (χ0n) is 10.9. The summed E-state index contributed by atoms with van der Waals surface area (Å²) in [6, 6.07) is 13.2. The van der Waals surface area contributed by atoms with Gasteiger partial charge in [0.15, 0.2) is 0 Å². The molecule has 1 nitrogen and oxygen atoms in total. The van der Waals surface area contributed by atoms with Crippen molar-refractivity contribution in [2.75, 3.05) is 0 Å². The standard InChI is InChI=1S/C16H12F3N.ClH/c17-16(18,19)13-5-3-4-11(9-13)8-12-10-20-15-7-2-1-6-14(12)15;/h1-7,9-10,20H,8H2;1H. The van der Waals surface area contributed by atoms with E-state index in [-0.39, 0.29) is 12.4 Å². The molecule has 0 aliphatic heterocycles. The summed E-state index contributed by atoms with van der Waals surface area (Å²) in [5, 5.41) is 1.05. The topological polar surface area (TPSA) is 15.8 Å². The highest BCUT2D eigenvalue weighted by Gasteiger charge is 2.30. The van der Waals surface area contributed by atoms with Gasteiger partial charge >= 0.3 is 6.18 Å². The number of alkyl halides is 3. The Hall–Kier alpha value is -1.94. The van der Waals surface area contributed by atoms with Gasteiger partial charge in [-0.05, 0) is 29.7 Å². The first kappa shape index (κ1) is 15.4. The second-order valence-corrected chi connectivity index (χ2v) is 4.73. The van der Waals surface area contributed by atoms with Crippen molar-refractivity contribution in [3.63, 3.8) is 0 Å². The molecule has 0 saturated carbocycles. The number of nitrogens with one attached hydrogen (secondary N) is 1. The Labute approximate surface area is 126 Å². The lowest BCUT2D eigenvalue weighted by atomic mass is 10.0. The molecule has 1 aromatic heterocycles. The van der Waals surface area contributed by atoms with Crippen LogP contribution >= 0.6 is 12.4 Å². The summed E-state index contributed by atoms with van der Waals surface area (Å²) >= 11 is 0. The van der Waals surface area contributed by atoms with Gasteiger partial charge in [-0.3, -0.25) is 0 Å². The molecule has 110 valence electrons. The van der Waals surface area contributed by atoms with Gasteiger partial charge in [-0.15, -0.1) is 12.4 Å². The van der Waals surface area contributed by atoms with Crippen LogP contribution in [-0.4, -0.2) is 4.98 Å². The van der Waals surface area contributed by atoms with Gasteiger partial charge in [0.2, 0.25) is 0 Å².